The number of nitrogens with one attached hydrogen (secondary N) is 1. The van der Waals surface area contributed by atoms with Crippen molar-refractivity contribution in [1.29, 1.82) is 0 Å². The zero-order chi connectivity index (χ0) is 23.3. The van der Waals surface area contributed by atoms with Crippen molar-refractivity contribution < 1.29 is 23.5 Å². The third-order valence-corrected chi connectivity index (χ3v) is 5.09. The number of halogens is 1. The van der Waals surface area contributed by atoms with Crippen LogP contribution >= 0.6 is 0 Å². The highest BCUT2D eigenvalue weighted by atomic mass is 19.1. The van der Waals surface area contributed by atoms with Crippen molar-refractivity contribution in [3.63, 3.8) is 0 Å². The Kier molecular flexibility index (Phi) is 7.15. The number of benzene rings is 3. The summed E-state index contributed by atoms with van der Waals surface area (Å²) >= 11 is 0. The lowest BCUT2D eigenvalue weighted by Crippen LogP contribution is -2.37. The highest BCUT2D eigenvalue weighted by Gasteiger charge is 2.24. The van der Waals surface area contributed by atoms with E-state index in [4.69, 9.17) is 4.74 Å². The average molecular weight is 433 g/mol. The minimum absolute atomic E-state index is 0.0873. The molecule has 2 atom stereocenters. The lowest BCUT2D eigenvalue weighted by Gasteiger charge is -2.19. The van der Waals surface area contributed by atoms with E-state index < -0.39 is 24.0 Å². The van der Waals surface area contributed by atoms with Gasteiger partial charge in [0, 0.05) is 11.1 Å². The van der Waals surface area contributed by atoms with Crippen LogP contribution in [-0.2, 0) is 9.53 Å². The number of amides is 1. The van der Waals surface area contributed by atoms with E-state index in [0.29, 0.717) is 11.1 Å². The van der Waals surface area contributed by atoms with Gasteiger partial charge in [0.15, 0.2) is 11.9 Å². The second kappa shape index (κ2) is 10.0. The van der Waals surface area contributed by atoms with Crippen molar-refractivity contribution in [2.24, 2.45) is 0 Å². The van der Waals surface area contributed by atoms with E-state index in [1.165, 1.54) is 25.1 Å². The normalized spacial score (nSPS) is 12.5. The fourth-order valence-electron chi connectivity index (χ4n) is 3.16. The van der Waals surface area contributed by atoms with Gasteiger partial charge in [0.05, 0.1) is 11.6 Å². The third-order valence-electron chi connectivity index (χ3n) is 5.09. The van der Waals surface area contributed by atoms with Gasteiger partial charge in [-0.25, -0.2) is 9.18 Å². The number of rotatable bonds is 7. The van der Waals surface area contributed by atoms with E-state index in [1.54, 1.807) is 49.4 Å². The summed E-state index contributed by atoms with van der Waals surface area (Å²) in [5.74, 6) is -1.94. The lowest BCUT2D eigenvalue weighted by atomic mass is 9.98. The highest BCUT2D eigenvalue weighted by Crippen LogP contribution is 2.18. The molecular weight excluding hydrogens is 409 g/mol. The van der Waals surface area contributed by atoms with Gasteiger partial charge in [0.25, 0.3) is 5.91 Å². The van der Waals surface area contributed by atoms with Crippen LogP contribution < -0.4 is 5.32 Å². The molecule has 0 aliphatic carbocycles. The van der Waals surface area contributed by atoms with Crippen LogP contribution in [0.5, 0.6) is 0 Å². The van der Waals surface area contributed by atoms with E-state index in [2.05, 4.69) is 5.32 Å². The molecule has 3 aromatic rings. The molecule has 164 valence electrons. The van der Waals surface area contributed by atoms with E-state index in [-0.39, 0.29) is 22.7 Å². The zero-order valence-corrected chi connectivity index (χ0v) is 18.1. The molecule has 0 heterocycles. The summed E-state index contributed by atoms with van der Waals surface area (Å²) in [6, 6.07) is 18.8. The lowest BCUT2D eigenvalue weighted by molar-refractivity contribution is -0.129. The number of hydrogen-bond donors (Lipinski definition) is 1. The minimum Gasteiger partial charge on any atom is -0.449 e. The van der Waals surface area contributed by atoms with Crippen molar-refractivity contribution in [1.82, 2.24) is 5.32 Å². The molecule has 1 amide bonds. The van der Waals surface area contributed by atoms with Crippen molar-refractivity contribution in [2.45, 2.75) is 32.9 Å². The second-order valence-corrected chi connectivity index (χ2v) is 7.57. The molecule has 2 unspecified atom stereocenters. The Balaban J connectivity index is 1.70. The van der Waals surface area contributed by atoms with Crippen LogP contribution in [0, 0.1) is 12.7 Å². The molecule has 0 radical (unpaired) electrons. The SMILES string of the molecule is Cc1ccc(C(=O)c2ccccc2C(=O)OC(C)C(=O)NC(C)c2ccc(F)cc2)cc1. The fourth-order valence-corrected chi connectivity index (χ4v) is 3.16. The quantitative estimate of drug-likeness (QED) is 0.430. The van der Waals surface area contributed by atoms with Crippen LogP contribution in [0.4, 0.5) is 4.39 Å². The first-order valence-corrected chi connectivity index (χ1v) is 10.2. The van der Waals surface area contributed by atoms with Crippen LogP contribution in [0.2, 0.25) is 0 Å². The first-order valence-electron chi connectivity index (χ1n) is 10.2. The number of ketones is 1. The van der Waals surface area contributed by atoms with Crippen molar-refractivity contribution in [3.05, 3.63) is 106 Å². The summed E-state index contributed by atoms with van der Waals surface area (Å²) in [5.41, 5.74) is 2.48. The molecular formula is C26H24FNO4. The summed E-state index contributed by atoms with van der Waals surface area (Å²) in [7, 11) is 0. The summed E-state index contributed by atoms with van der Waals surface area (Å²) in [4.78, 5) is 38.2. The Morgan fingerprint density at radius 3 is 2.06 bits per heavy atom. The maximum Gasteiger partial charge on any atom is 0.339 e. The largest absolute Gasteiger partial charge is 0.449 e. The predicted molar refractivity (Wildman–Crippen MR) is 119 cm³/mol. The predicted octanol–water partition coefficient (Wildman–Crippen LogP) is 4.79. The van der Waals surface area contributed by atoms with Gasteiger partial charge in [0.2, 0.25) is 0 Å². The number of carbonyl (C=O) groups excluding carboxylic acids is 3. The Hall–Kier alpha value is -3.80. The molecule has 0 spiro atoms. The Bertz CT molecular complexity index is 1120. The molecule has 0 fully saturated rings. The minimum atomic E-state index is -1.09. The van der Waals surface area contributed by atoms with Crippen LogP contribution in [0.15, 0.2) is 72.8 Å². The van der Waals surface area contributed by atoms with Gasteiger partial charge in [-0.15, -0.1) is 0 Å². The summed E-state index contributed by atoms with van der Waals surface area (Å²) in [6.07, 6.45) is -1.09. The molecule has 0 saturated heterocycles. The molecule has 6 heteroatoms. The van der Waals surface area contributed by atoms with E-state index in [0.717, 1.165) is 5.56 Å². The number of esters is 1. The first-order chi connectivity index (χ1) is 15.3. The zero-order valence-electron chi connectivity index (χ0n) is 18.1. The molecule has 1 N–H and O–H groups in total. The van der Waals surface area contributed by atoms with Crippen LogP contribution in [-0.4, -0.2) is 23.8 Å². The maximum absolute atomic E-state index is 13.1. The second-order valence-electron chi connectivity index (χ2n) is 7.57. The van der Waals surface area contributed by atoms with Crippen molar-refractivity contribution in [3.8, 4) is 0 Å². The molecule has 0 bridgehead atoms. The summed E-state index contributed by atoms with van der Waals surface area (Å²) in [5, 5.41) is 2.74. The maximum atomic E-state index is 13.1. The van der Waals surface area contributed by atoms with E-state index in [9.17, 15) is 18.8 Å². The van der Waals surface area contributed by atoms with Crippen LogP contribution in [0.1, 0.15) is 57.3 Å². The molecule has 5 nitrogen and oxygen atoms in total. The van der Waals surface area contributed by atoms with Gasteiger partial charge >= 0.3 is 5.97 Å². The number of carbonyl (C=O) groups is 3. The van der Waals surface area contributed by atoms with Crippen molar-refractivity contribution in [2.75, 3.05) is 0 Å². The fraction of sp³-hybridized carbons (Fsp3) is 0.192. The topological polar surface area (TPSA) is 72.5 Å². The van der Waals surface area contributed by atoms with Crippen molar-refractivity contribution >= 4 is 17.7 Å². The molecule has 0 aliphatic rings. The molecule has 0 saturated carbocycles. The van der Waals surface area contributed by atoms with Gasteiger partial charge in [-0.3, -0.25) is 9.59 Å². The van der Waals surface area contributed by atoms with Gasteiger partial charge in [0.1, 0.15) is 5.82 Å². The van der Waals surface area contributed by atoms with E-state index in [1.807, 2.05) is 19.1 Å². The van der Waals surface area contributed by atoms with Crippen LogP contribution in [0.25, 0.3) is 0 Å². The molecule has 3 rings (SSSR count). The molecule has 32 heavy (non-hydrogen) atoms. The molecule has 0 aromatic heterocycles. The smallest absolute Gasteiger partial charge is 0.339 e. The first kappa shape index (κ1) is 22.9. The van der Waals surface area contributed by atoms with E-state index >= 15 is 0 Å². The number of hydrogen-bond acceptors (Lipinski definition) is 4. The number of aryl methyl sites for hydroxylation is 1. The highest BCUT2D eigenvalue weighted by molar-refractivity contribution is 6.14. The molecule has 0 aliphatic heterocycles. The monoisotopic (exact) mass is 433 g/mol. The Morgan fingerprint density at radius 1 is 0.844 bits per heavy atom. The average Bonchev–Trinajstić information content (AvgIpc) is 2.79. The summed E-state index contributed by atoms with van der Waals surface area (Å²) < 4.78 is 18.4. The molecule has 3 aromatic carbocycles. The third kappa shape index (κ3) is 5.46. The standard InChI is InChI=1S/C26H24FNO4/c1-16-8-10-20(11-9-16)24(29)22-6-4-5-7-23(22)26(31)32-18(3)25(30)28-17(2)19-12-14-21(27)15-13-19/h4-15,17-18H,1-3H3,(H,28,30). The summed E-state index contributed by atoms with van der Waals surface area (Å²) in [6.45, 7) is 5.12. The Morgan fingerprint density at radius 2 is 1.44 bits per heavy atom. The van der Waals surface area contributed by atoms with Crippen LogP contribution in [0.3, 0.4) is 0 Å². The Labute approximate surface area is 186 Å². The van der Waals surface area contributed by atoms with Gasteiger partial charge in [-0.1, -0.05) is 60.2 Å². The van der Waals surface area contributed by atoms with Gasteiger partial charge < -0.3 is 10.1 Å². The van der Waals surface area contributed by atoms with Gasteiger partial charge in [-0.05, 0) is 44.5 Å². The van der Waals surface area contributed by atoms with Gasteiger partial charge in [-0.2, -0.15) is 0 Å². The number of ether oxygens (including phenoxy) is 1.